The summed E-state index contributed by atoms with van der Waals surface area (Å²) < 4.78 is 0. The molecule has 1 aliphatic heterocycles. The summed E-state index contributed by atoms with van der Waals surface area (Å²) in [5.74, 6) is 0. The molecule has 1 aromatic carbocycles. The van der Waals surface area contributed by atoms with Crippen LogP contribution in [-0.2, 0) is 0 Å². The molecule has 1 aliphatic rings. The van der Waals surface area contributed by atoms with E-state index in [4.69, 9.17) is 5.73 Å². The number of benzene rings is 1. The first-order valence-corrected chi connectivity index (χ1v) is 7.02. The third kappa shape index (κ3) is 3.10. The van der Waals surface area contributed by atoms with E-state index < -0.39 is 0 Å². The molecule has 2 atom stereocenters. The normalized spacial score (nSPS) is 20.6. The zero-order valence-corrected chi connectivity index (χ0v) is 11.5. The van der Waals surface area contributed by atoms with E-state index in [0.717, 1.165) is 32.6 Å². The predicted octanol–water partition coefficient (Wildman–Crippen LogP) is 2.06. The highest BCUT2D eigenvalue weighted by molar-refractivity contribution is 5.26. The van der Waals surface area contributed by atoms with E-state index >= 15 is 0 Å². The standard InChI is InChI=1S/C15H25N3/c1-3-15(18-10-8-17-9-11-18)14-6-4-13(5-7-14)12(2)16/h4-7,12,15,17H,3,8-11,16H2,1-2H3. The quantitative estimate of drug-likeness (QED) is 0.856. The molecule has 0 saturated carbocycles. The zero-order valence-electron chi connectivity index (χ0n) is 11.5. The molecule has 0 bridgehead atoms. The van der Waals surface area contributed by atoms with Gasteiger partial charge >= 0.3 is 0 Å². The van der Waals surface area contributed by atoms with Crippen molar-refractivity contribution in [2.24, 2.45) is 5.73 Å². The lowest BCUT2D eigenvalue weighted by molar-refractivity contribution is 0.169. The van der Waals surface area contributed by atoms with Gasteiger partial charge in [-0.1, -0.05) is 31.2 Å². The number of rotatable bonds is 4. The van der Waals surface area contributed by atoms with E-state index in [-0.39, 0.29) is 6.04 Å². The molecule has 3 heteroatoms. The summed E-state index contributed by atoms with van der Waals surface area (Å²) in [6.07, 6.45) is 1.16. The third-order valence-electron chi connectivity index (χ3n) is 3.83. The predicted molar refractivity (Wildman–Crippen MR) is 76.5 cm³/mol. The summed E-state index contributed by atoms with van der Waals surface area (Å²) in [5.41, 5.74) is 8.53. The SMILES string of the molecule is CCC(c1ccc(C(C)N)cc1)N1CCNCC1. The Morgan fingerprint density at radius 1 is 1.17 bits per heavy atom. The van der Waals surface area contributed by atoms with Gasteiger partial charge in [0, 0.05) is 38.3 Å². The highest BCUT2D eigenvalue weighted by Crippen LogP contribution is 2.25. The van der Waals surface area contributed by atoms with Gasteiger partial charge in [-0.15, -0.1) is 0 Å². The van der Waals surface area contributed by atoms with E-state index in [9.17, 15) is 0 Å². The first-order valence-electron chi connectivity index (χ1n) is 7.02. The molecule has 0 aromatic heterocycles. The molecule has 0 amide bonds. The van der Waals surface area contributed by atoms with Crippen molar-refractivity contribution < 1.29 is 0 Å². The summed E-state index contributed by atoms with van der Waals surface area (Å²) in [5, 5.41) is 3.41. The monoisotopic (exact) mass is 247 g/mol. The van der Waals surface area contributed by atoms with Crippen LogP contribution in [0, 0.1) is 0 Å². The van der Waals surface area contributed by atoms with Gasteiger partial charge in [-0.25, -0.2) is 0 Å². The number of nitrogens with two attached hydrogens (primary N) is 1. The third-order valence-corrected chi connectivity index (χ3v) is 3.83. The summed E-state index contributed by atoms with van der Waals surface area (Å²) in [6, 6.07) is 9.51. The number of hydrogen-bond acceptors (Lipinski definition) is 3. The van der Waals surface area contributed by atoms with Gasteiger partial charge in [-0.3, -0.25) is 4.90 Å². The fourth-order valence-corrected chi connectivity index (χ4v) is 2.72. The van der Waals surface area contributed by atoms with Gasteiger partial charge in [-0.05, 0) is 24.5 Å². The molecule has 2 unspecified atom stereocenters. The molecule has 100 valence electrons. The first-order chi connectivity index (χ1) is 8.72. The van der Waals surface area contributed by atoms with Crippen LogP contribution in [0.4, 0.5) is 0 Å². The molecule has 2 rings (SSSR count). The van der Waals surface area contributed by atoms with E-state index in [1.165, 1.54) is 11.1 Å². The lowest BCUT2D eigenvalue weighted by atomic mass is 9.99. The Hall–Kier alpha value is -0.900. The van der Waals surface area contributed by atoms with Crippen molar-refractivity contribution in [2.75, 3.05) is 26.2 Å². The van der Waals surface area contributed by atoms with Crippen LogP contribution in [0.3, 0.4) is 0 Å². The second-order valence-corrected chi connectivity index (χ2v) is 5.17. The Balaban J connectivity index is 2.11. The molecule has 3 N–H and O–H groups in total. The van der Waals surface area contributed by atoms with Crippen molar-refractivity contribution in [3.8, 4) is 0 Å². The van der Waals surface area contributed by atoms with Crippen LogP contribution in [-0.4, -0.2) is 31.1 Å². The van der Waals surface area contributed by atoms with Crippen LogP contribution in [0.5, 0.6) is 0 Å². The van der Waals surface area contributed by atoms with E-state index in [0.29, 0.717) is 6.04 Å². The van der Waals surface area contributed by atoms with Crippen LogP contribution >= 0.6 is 0 Å². The molecule has 18 heavy (non-hydrogen) atoms. The highest BCUT2D eigenvalue weighted by atomic mass is 15.2. The lowest BCUT2D eigenvalue weighted by Gasteiger charge is -2.34. The van der Waals surface area contributed by atoms with E-state index in [2.05, 4.69) is 41.4 Å². The average molecular weight is 247 g/mol. The number of nitrogens with one attached hydrogen (secondary N) is 1. The topological polar surface area (TPSA) is 41.3 Å². The van der Waals surface area contributed by atoms with Gasteiger partial charge in [0.2, 0.25) is 0 Å². The van der Waals surface area contributed by atoms with Crippen molar-refractivity contribution in [3.05, 3.63) is 35.4 Å². The van der Waals surface area contributed by atoms with Gasteiger partial charge in [-0.2, -0.15) is 0 Å². The fraction of sp³-hybridized carbons (Fsp3) is 0.600. The molecular weight excluding hydrogens is 222 g/mol. The van der Waals surface area contributed by atoms with Gasteiger partial charge in [0.15, 0.2) is 0 Å². The van der Waals surface area contributed by atoms with Gasteiger partial charge in [0.1, 0.15) is 0 Å². The van der Waals surface area contributed by atoms with Crippen LogP contribution in [0.2, 0.25) is 0 Å². The Morgan fingerprint density at radius 3 is 2.22 bits per heavy atom. The molecular formula is C15H25N3. The molecule has 1 fully saturated rings. The van der Waals surface area contributed by atoms with Gasteiger partial charge in [0.25, 0.3) is 0 Å². The highest BCUT2D eigenvalue weighted by Gasteiger charge is 2.20. The van der Waals surface area contributed by atoms with Crippen molar-refractivity contribution in [3.63, 3.8) is 0 Å². The molecule has 3 nitrogen and oxygen atoms in total. The molecule has 1 saturated heterocycles. The number of nitrogens with zero attached hydrogens (tertiary/aromatic N) is 1. The molecule has 0 aliphatic carbocycles. The largest absolute Gasteiger partial charge is 0.324 e. The molecule has 0 spiro atoms. The molecule has 1 aromatic rings. The minimum absolute atomic E-state index is 0.123. The summed E-state index contributed by atoms with van der Waals surface area (Å²) in [4.78, 5) is 2.58. The smallest absolute Gasteiger partial charge is 0.0346 e. The van der Waals surface area contributed by atoms with E-state index in [1.54, 1.807) is 0 Å². The molecule has 0 radical (unpaired) electrons. The maximum Gasteiger partial charge on any atom is 0.0346 e. The Bertz CT molecular complexity index is 353. The van der Waals surface area contributed by atoms with E-state index in [1.807, 2.05) is 6.92 Å². The van der Waals surface area contributed by atoms with Crippen LogP contribution in [0.15, 0.2) is 24.3 Å². The van der Waals surface area contributed by atoms with Crippen molar-refractivity contribution in [1.29, 1.82) is 0 Å². The van der Waals surface area contributed by atoms with Gasteiger partial charge < -0.3 is 11.1 Å². The maximum absolute atomic E-state index is 5.90. The minimum Gasteiger partial charge on any atom is -0.324 e. The van der Waals surface area contributed by atoms with Crippen molar-refractivity contribution in [1.82, 2.24) is 10.2 Å². The number of hydrogen-bond donors (Lipinski definition) is 2. The van der Waals surface area contributed by atoms with Crippen LogP contribution in [0.25, 0.3) is 0 Å². The Labute approximate surface area is 110 Å². The van der Waals surface area contributed by atoms with Crippen molar-refractivity contribution >= 4 is 0 Å². The second kappa shape index (κ2) is 6.32. The fourth-order valence-electron chi connectivity index (χ4n) is 2.72. The summed E-state index contributed by atoms with van der Waals surface area (Å²) in [6.45, 7) is 8.80. The Kier molecular flexibility index (Phi) is 4.75. The maximum atomic E-state index is 5.90. The zero-order chi connectivity index (χ0) is 13.0. The molecule has 1 heterocycles. The minimum atomic E-state index is 0.123. The summed E-state index contributed by atoms with van der Waals surface area (Å²) in [7, 11) is 0. The Morgan fingerprint density at radius 2 is 1.72 bits per heavy atom. The van der Waals surface area contributed by atoms with Crippen LogP contribution < -0.4 is 11.1 Å². The van der Waals surface area contributed by atoms with Crippen molar-refractivity contribution in [2.45, 2.75) is 32.4 Å². The first kappa shape index (κ1) is 13.5. The summed E-state index contributed by atoms with van der Waals surface area (Å²) >= 11 is 0. The van der Waals surface area contributed by atoms with Gasteiger partial charge in [0.05, 0.1) is 0 Å². The number of piperazine rings is 1. The van der Waals surface area contributed by atoms with Crippen LogP contribution in [0.1, 0.15) is 43.5 Å². The average Bonchev–Trinajstić information content (AvgIpc) is 2.41. The second-order valence-electron chi connectivity index (χ2n) is 5.17. The lowest BCUT2D eigenvalue weighted by Crippen LogP contribution is -2.45.